The van der Waals surface area contributed by atoms with Gasteiger partial charge in [0.25, 0.3) is 0 Å². The first-order valence-electron chi connectivity index (χ1n) is 10.3. The molecule has 1 aromatic heterocycles. The van der Waals surface area contributed by atoms with E-state index in [-0.39, 0.29) is 18.2 Å². The molecule has 0 aliphatic heterocycles. The highest BCUT2D eigenvalue weighted by Gasteiger charge is 2.21. The molecule has 1 unspecified atom stereocenters. The fourth-order valence-corrected chi connectivity index (χ4v) is 3.37. The summed E-state index contributed by atoms with van der Waals surface area (Å²) in [6, 6.07) is 21.1. The molecular weight excluding hydrogens is 445 g/mol. The molecule has 0 radical (unpaired) electrons. The predicted octanol–water partition coefficient (Wildman–Crippen LogP) is 5.58. The van der Waals surface area contributed by atoms with Crippen molar-refractivity contribution in [3.8, 4) is 23.0 Å². The smallest absolute Gasteiger partial charge is 0.247 e. The number of nitrogens with zero attached hydrogens (tertiary/aromatic N) is 2. The summed E-state index contributed by atoms with van der Waals surface area (Å²) in [6.07, 6.45) is 0. The Kier molecular flexibility index (Phi) is 8.40. The lowest BCUT2D eigenvalue weighted by Crippen LogP contribution is -2.22. The molecule has 0 amide bonds. The summed E-state index contributed by atoms with van der Waals surface area (Å²) in [5.41, 5.74) is 2.63. The lowest BCUT2D eigenvalue weighted by molar-refractivity contribution is 0.310. The Bertz CT molecular complexity index is 1150. The lowest BCUT2D eigenvalue weighted by Gasteiger charge is -2.17. The molecule has 6 nitrogen and oxygen atoms in total. The van der Waals surface area contributed by atoms with Gasteiger partial charge in [0.2, 0.25) is 11.8 Å². The van der Waals surface area contributed by atoms with Crippen LogP contribution in [0.5, 0.6) is 11.5 Å². The first-order valence-corrected chi connectivity index (χ1v) is 10.3. The standard InChI is InChI=1S/C25H24FN3O3.ClH/c1-3-31-21-14-9-17(15-22(21)30-2)16-27-23(18-10-12-20(26)13-11-18)25-29-28-24(32-25)19-7-5-4-6-8-19;/h4-15,23,27H,3,16H2,1-2H3;1H. The van der Waals surface area contributed by atoms with Crippen LogP contribution in [-0.4, -0.2) is 23.9 Å². The predicted molar refractivity (Wildman–Crippen MR) is 126 cm³/mol. The van der Waals surface area contributed by atoms with Crippen LogP contribution in [0.4, 0.5) is 4.39 Å². The maximum atomic E-state index is 13.5. The number of benzene rings is 3. The van der Waals surface area contributed by atoms with Gasteiger partial charge in [-0.25, -0.2) is 4.39 Å². The van der Waals surface area contributed by atoms with E-state index in [1.165, 1.54) is 12.1 Å². The molecule has 3 aromatic carbocycles. The van der Waals surface area contributed by atoms with Gasteiger partial charge in [-0.1, -0.05) is 36.4 Å². The van der Waals surface area contributed by atoms with Gasteiger partial charge in [-0.2, -0.15) is 0 Å². The van der Waals surface area contributed by atoms with E-state index >= 15 is 0 Å². The van der Waals surface area contributed by atoms with E-state index in [9.17, 15) is 4.39 Å². The van der Waals surface area contributed by atoms with Gasteiger partial charge in [-0.15, -0.1) is 22.6 Å². The Balaban J connectivity index is 0.00000306. The first kappa shape index (κ1) is 24.2. The van der Waals surface area contributed by atoms with Gasteiger partial charge < -0.3 is 13.9 Å². The summed E-state index contributed by atoms with van der Waals surface area (Å²) in [7, 11) is 1.61. The highest BCUT2D eigenvalue weighted by molar-refractivity contribution is 5.85. The lowest BCUT2D eigenvalue weighted by atomic mass is 10.1. The third kappa shape index (κ3) is 5.88. The van der Waals surface area contributed by atoms with Crippen LogP contribution in [0, 0.1) is 5.82 Å². The molecular formula is C25H25ClFN3O3. The van der Waals surface area contributed by atoms with Crippen molar-refractivity contribution in [1.29, 1.82) is 0 Å². The number of methoxy groups -OCH3 is 1. The van der Waals surface area contributed by atoms with Crippen molar-refractivity contribution >= 4 is 12.4 Å². The zero-order valence-corrected chi connectivity index (χ0v) is 19.1. The van der Waals surface area contributed by atoms with E-state index in [4.69, 9.17) is 13.9 Å². The van der Waals surface area contributed by atoms with E-state index in [1.54, 1.807) is 19.2 Å². The summed E-state index contributed by atoms with van der Waals surface area (Å²) in [5.74, 6) is 1.87. The van der Waals surface area contributed by atoms with E-state index in [0.717, 1.165) is 16.7 Å². The van der Waals surface area contributed by atoms with Crippen molar-refractivity contribution < 1.29 is 18.3 Å². The van der Waals surface area contributed by atoms with Crippen LogP contribution in [0.1, 0.15) is 30.0 Å². The summed E-state index contributed by atoms with van der Waals surface area (Å²) in [6.45, 7) is 2.98. The minimum absolute atomic E-state index is 0. The van der Waals surface area contributed by atoms with Crippen LogP contribution in [0.25, 0.3) is 11.5 Å². The van der Waals surface area contributed by atoms with Gasteiger partial charge in [0.1, 0.15) is 11.9 Å². The van der Waals surface area contributed by atoms with Crippen molar-refractivity contribution in [2.45, 2.75) is 19.5 Å². The first-order chi connectivity index (χ1) is 15.7. The van der Waals surface area contributed by atoms with E-state index < -0.39 is 6.04 Å². The number of nitrogens with one attached hydrogen (secondary N) is 1. The molecule has 1 atom stereocenters. The Morgan fingerprint density at radius 3 is 2.42 bits per heavy atom. The fraction of sp³-hybridized carbons (Fsp3) is 0.200. The average Bonchev–Trinajstić information content (AvgIpc) is 3.32. The van der Waals surface area contributed by atoms with Crippen molar-refractivity contribution in [1.82, 2.24) is 15.5 Å². The molecule has 172 valence electrons. The topological polar surface area (TPSA) is 69.4 Å². The molecule has 0 saturated carbocycles. The Labute approximate surface area is 198 Å². The fourth-order valence-electron chi connectivity index (χ4n) is 3.37. The molecule has 4 rings (SSSR count). The number of hydrogen-bond donors (Lipinski definition) is 1. The molecule has 33 heavy (non-hydrogen) atoms. The van der Waals surface area contributed by atoms with Crippen molar-refractivity contribution in [3.63, 3.8) is 0 Å². The summed E-state index contributed by atoms with van der Waals surface area (Å²) in [4.78, 5) is 0. The molecule has 4 aromatic rings. The summed E-state index contributed by atoms with van der Waals surface area (Å²) < 4.78 is 30.5. The van der Waals surface area contributed by atoms with Crippen LogP contribution in [0.2, 0.25) is 0 Å². The van der Waals surface area contributed by atoms with Gasteiger partial charge >= 0.3 is 0 Å². The normalized spacial score (nSPS) is 11.5. The minimum Gasteiger partial charge on any atom is -0.493 e. The number of rotatable bonds is 9. The van der Waals surface area contributed by atoms with E-state index in [2.05, 4.69) is 15.5 Å². The van der Waals surface area contributed by atoms with Crippen molar-refractivity contribution in [2.24, 2.45) is 0 Å². The highest BCUT2D eigenvalue weighted by Crippen LogP contribution is 2.29. The van der Waals surface area contributed by atoms with E-state index in [0.29, 0.717) is 36.4 Å². The van der Waals surface area contributed by atoms with Gasteiger partial charge in [-0.3, -0.25) is 5.32 Å². The SMILES string of the molecule is CCOc1ccc(CNC(c2ccc(F)cc2)c2nnc(-c3ccccc3)o2)cc1OC.Cl. The monoisotopic (exact) mass is 469 g/mol. The summed E-state index contributed by atoms with van der Waals surface area (Å²) in [5, 5.41) is 11.9. The number of hydrogen-bond acceptors (Lipinski definition) is 6. The van der Waals surface area contributed by atoms with Crippen LogP contribution in [-0.2, 0) is 6.54 Å². The average molecular weight is 470 g/mol. The van der Waals surface area contributed by atoms with Gasteiger partial charge in [-0.05, 0) is 54.4 Å². The number of aromatic nitrogens is 2. The largest absolute Gasteiger partial charge is 0.493 e. The maximum absolute atomic E-state index is 13.5. The molecule has 8 heteroatoms. The molecule has 0 bridgehead atoms. The van der Waals surface area contributed by atoms with Crippen LogP contribution in [0.3, 0.4) is 0 Å². The maximum Gasteiger partial charge on any atom is 0.247 e. The highest BCUT2D eigenvalue weighted by atomic mass is 35.5. The van der Waals surface area contributed by atoms with Crippen LogP contribution in [0.15, 0.2) is 77.2 Å². The van der Waals surface area contributed by atoms with Crippen molar-refractivity contribution in [3.05, 3.63) is 95.6 Å². The molecule has 0 aliphatic carbocycles. The second kappa shape index (κ2) is 11.4. The summed E-state index contributed by atoms with van der Waals surface area (Å²) >= 11 is 0. The quantitative estimate of drug-likeness (QED) is 0.345. The number of ether oxygens (including phenoxy) is 2. The number of halogens is 2. The van der Waals surface area contributed by atoms with Gasteiger partial charge in [0, 0.05) is 12.1 Å². The second-order valence-electron chi connectivity index (χ2n) is 7.10. The Morgan fingerprint density at radius 2 is 1.73 bits per heavy atom. The third-order valence-electron chi connectivity index (χ3n) is 4.95. The van der Waals surface area contributed by atoms with Crippen LogP contribution >= 0.6 is 12.4 Å². The second-order valence-corrected chi connectivity index (χ2v) is 7.10. The molecule has 0 aliphatic rings. The Morgan fingerprint density at radius 1 is 0.970 bits per heavy atom. The molecule has 0 spiro atoms. The zero-order valence-electron chi connectivity index (χ0n) is 18.3. The minimum atomic E-state index is -0.418. The molecule has 1 heterocycles. The molecule has 0 saturated heterocycles. The third-order valence-corrected chi connectivity index (χ3v) is 4.95. The van der Waals surface area contributed by atoms with Crippen molar-refractivity contribution in [2.75, 3.05) is 13.7 Å². The zero-order chi connectivity index (χ0) is 22.3. The molecule has 0 fully saturated rings. The van der Waals surface area contributed by atoms with E-state index in [1.807, 2.05) is 55.5 Å². The van der Waals surface area contributed by atoms with Gasteiger partial charge in [0.05, 0.1) is 13.7 Å². The molecule has 1 N–H and O–H groups in total. The van der Waals surface area contributed by atoms with Gasteiger partial charge in [0.15, 0.2) is 11.5 Å². The Hall–Kier alpha value is -3.42. The van der Waals surface area contributed by atoms with Crippen LogP contribution < -0.4 is 14.8 Å².